The first kappa shape index (κ1) is 13.6. The minimum Gasteiger partial charge on any atom is -0.410 e. The molecule has 0 saturated carbocycles. The summed E-state index contributed by atoms with van der Waals surface area (Å²) in [6.07, 6.45) is 0. The third-order valence-corrected chi connectivity index (χ3v) is 4.34. The fraction of sp³-hybridized carbons (Fsp3) is 0. The van der Waals surface area contributed by atoms with Crippen LogP contribution in [0, 0.1) is 10.1 Å². The van der Waals surface area contributed by atoms with Crippen molar-refractivity contribution < 1.29 is 19.7 Å². The lowest BCUT2D eigenvalue weighted by Gasteiger charge is -2.17. The fourth-order valence-corrected chi connectivity index (χ4v) is 2.49. The number of anilines is 1. The molecule has 0 saturated heterocycles. The summed E-state index contributed by atoms with van der Waals surface area (Å²) in [5.74, 6) is -2.17. The molecule has 0 atom stereocenters. The normalized spacial score (nSPS) is 16.2. The molecule has 0 fully saturated rings. The number of halogens is 2. The lowest BCUT2D eigenvalue weighted by atomic mass is 9.98. The number of nitrogens with zero attached hydrogens (tertiary/aromatic N) is 2. The monoisotopic (exact) mass is 391 g/mol. The first-order valence-corrected chi connectivity index (χ1v) is 6.21. The smallest absolute Gasteiger partial charge is 0.298 e. The number of benzene rings is 1. The number of carbonyl (C=O) groups excluding carboxylic acids is 2. The van der Waals surface area contributed by atoms with E-state index in [4.69, 9.17) is 5.21 Å². The molecule has 1 heterocycles. The van der Waals surface area contributed by atoms with Crippen LogP contribution in [0.2, 0.25) is 0 Å². The van der Waals surface area contributed by atoms with Crippen LogP contribution in [0.25, 0.3) is 0 Å². The summed E-state index contributed by atoms with van der Waals surface area (Å²) in [4.78, 5) is 33.2. The number of Topliss-reactive ketones (excluding diaryl/α,β-unsaturated/α-hetero) is 1. The lowest BCUT2D eigenvalue weighted by Crippen LogP contribution is -2.36. The van der Waals surface area contributed by atoms with E-state index in [1.165, 1.54) is 6.07 Å². The average Bonchev–Trinajstić information content (AvgIpc) is 2.33. The second-order valence-electron chi connectivity index (χ2n) is 3.43. The van der Waals surface area contributed by atoms with Crippen LogP contribution in [0.4, 0.5) is 11.4 Å². The lowest BCUT2D eigenvalue weighted by molar-refractivity contribution is -0.385. The highest BCUT2D eigenvalue weighted by Crippen LogP contribution is 2.41. The molecule has 2 rings (SSSR count). The number of nitro benzene ring substituents is 1. The van der Waals surface area contributed by atoms with E-state index in [1.54, 1.807) is 0 Å². The maximum atomic E-state index is 11.5. The summed E-state index contributed by atoms with van der Waals surface area (Å²) in [5, 5.41) is 24.8. The number of nitrogens with one attached hydrogen (secondary N) is 1. The molecule has 0 aromatic heterocycles. The predicted molar refractivity (Wildman–Crippen MR) is 70.5 cm³/mol. The maximum Gasteiger partial charge on any atom is 0.298 e. The van der Waals surface area contributed by atoms with Crippen LogP contribution in [0.5, 0.6) is 0 Å². The van der Waals surface area contributed by atoms with Gasteiger partial charge in [-0.05, 0) is 37.9 Å². The molecule has 8 nitrogen and oxygen atoms in total. The van der Waals surface area contributed by atoms with Gasteiger partial charge in [0, 0.05) is 4.47 Å². The number of nitro groups is 1. The first-order chi connectivity index (χ1) is 8.88. The Bertz CT molecular complexity index is 670. The molecule has 1 aromatic rings. The molecular weight excluding hydrogens is 390 g/mol. The van der Waals surface area contributed by atoms with E-state index in [0.717, 1.165) is 0 Å². The zero-order valence-electron chi connectivity index (χ0n) is 8.81. The Labute approximate surface area is 121 Å². The first-order valence-electron chi connectivity index (χ1n) is 4.63. The minimum absolute atomic E-state index is 0.0131. The Morgan fingerprint density at radius 3 is 2.53 bits per heavy atom. The molecule has 1 aliphatic heterocycles. The minimum atomic E-state index is -1.15. The molecule has 19 heavy (non-hydrogen) atoms. The van der Waals surface area contributed by atoms with Crippen LogP contribution < -0.4 is 5.32 Å². The van der Waals surface area contributed by atoms with Gasteiger partial charge in [-0.25, -0.2) is 0 Å². The van der Waals surface area contributed by atoms with Crippen molar-refractivity contribution >= 4 is 60.6 Å². The van der Waals surface area contributed by atoms with E-state index >= 15 is 0 Å². The van der Waals surface area contributed by atoms with Gasteiger partial charge in [-0.3, -0.25) is 19.7 Å². The van der Waals surface area contributed by atoms with Gasteiger partial charge in [0.15, 0.2) is 5.71 Å². The highest BCUT2D eigenvalue weighted by atomic mass is 79.9. The van der Waals surface area contributed by atoms with Gasteiger partial charge in [0.05, 0.1) is 10.6 Å². The van der Waals surface area contributed by atoms with Crippen molar-refractivity contribution in [2.45, 2.75) is 0 Å². The quantitative estimate of drug-likeness (QED) is 0.326. The van der Waals surface area contributed by atoms with Crippen molar-refractivity contribution in [3.63, 3.8) is 0 Å². The molecule has 98 valence electrons. The van der Waals surface area contributed by atoms with E-state index in [-0.39, 0.29) is 15.7 Å². The molecular formula is C9H3Br2N3O5. The molecule has 2 N–H and O–H groups in total. The molecule has 0 spiro atoms. The number of hydrogen-bond acceptors (Lipinski definition) is 6. The largest absolute Gasteiger partial charge is 0.410 e. The van der Waals surface area contributed by atoms with E-state index in [2.05, 4.69) is 42.3 Å². The number of amides is 1. The van der Waals surface area contributed by atoms with Crippen LogP contribution in [-0.2, 0) is 9.59 Å². The highest BCUT2D eigenvalue weighted by molar-refractivity contribution is 9.13. The number of hydrogen-bond donors (Lipinski definition) is 2. The fourth-order valence-electron chi connectivity index (χ4n) is 1.62. The standard InChI is InChI=1S/C9H3Br2N3O5/c10-2-1-3-4(7(5(2)11)14(18)19)6(13-17)8(15)9(16)12-3/h1,17H,(H,12,16)/b13-6-. The van der Waals surface area contributed by atoms with Crippen LogP contribution in [0.15, 0.2) is 20.2 Å². The summed E-state index contributed by atoms with van der Waals surface area (Å²) in [5.41, 5.74) is -1.38. The molecule has 1 amide bonds. The predicted octanol–water partition coefficient (Wildman–Crippen LogP) is 1.82. The van der Waals surface area contributed by atoms with Gasteiger partial charge in [-0.2, -0.15) is 0 Å². The van der Waals surface area contributed by atoms with E-state index in [1.807, 2.05) is 0 Å². The SMILES string of the molecule is O=C1Nc2cc(Br)c(Br)c([N+](=O)[O-])c2/C(=N/O)C1=O. The van der Waals surface area contributed by atoms with Crippen molar-refractivity contribution in [1.82, 2.24) is 0 Å². The van der Waals surface area contributed by atoms with Crippen molar-refractivity contribution in [1.29, 1.82) is 0 Å². The molecule has 10 heteroatoms. The second kappa shape index (κ2) is 4.70. The number of carbonyl (C=O) groups is 2. The van der Waals surface area contributed by atoms with Crippen molar-refractivity contribution in [2.24, 2.45) is 5.16 Å². The Balaban J connectivity index is 2.90. The van der Waals surface area contributed by atoms with Gasteiger partial charge in [0.2, 0.25) is 0 Å². The molecule has 1 aliphatic rings. The van der Waals surface area contributed by atoms with Crippen molar-refractivity contribution in [2.75, 3.05) is 5.32 Å². The van der Waals surface area contributed by atoms with Crippen LogP contribution in [0.3, 0.4) is 0 Å². The molecule has 0 radical (unpaired) electrons. The number of fused-ring (bicyclic) bond motifs is 1. The van der Waals surface area contributed by atoms with Gasteiger partial charge >= 0.3 is 0 Å². The average molecular weight is 393 g/mol. The summed E-state index contributed by atoms with van der Waals surface area (Å²) in [7, 11) is 0. The summed E-state index contributed by atoms with van der Waals surface area (Å²) in [6, 6.07) is 1.36. The van der Waals surface area contributed by atoms with Crippen LogP contribution in [0.1, 0.15) is 5.56 Å². The Morgan fingerprint density at radius 2 is 2.00 bits per heavy atom. The van der Waals surface area contributed by atoms with Gasteiger partial charge in [-0.1, -0.05) is 5.16 Å². The van der Waals surface area contributed by atoms with E-state index in [9.17, 15) is 19.7 Å². The Morgan fingerprint density at radius 1 is 1.37 bits per heavy atom. The van der Waals surface area contributed by atoms with Gasteiger partial charge in [-0.15, -0.1) is 0 Å². The molecule has 1 aromatic carbocycles. The molecule has 0 unspecified atom stereocenters. The number of rotatable bonds is 1. The second-order valence-corrected chi connectivity index (χ2v) is 5.08. The van der Waals surface area contributed by atoms with E-state index in [0.29, 0.717) is 4.47 Å². The zero-order valence-corrected chi connectivity index (χ0v) is 12.0. The Hall–Kier alpha value is -1.81. The zero-order chi connectivity index (χ0) is 14.3. The number of ketones is 1. The summed E-state index contributed by atoms with van der Waals surface area (Å²) >= 11 is 6.08. The van der Waals surface area contributed by atoms with Gasteiger partial charge < -0.3 is 10.5 Å². The maximum absolute atomic E-state index is 11.5. The number of oxime groups is 1. The summed E-state index contributed by atoms with van der Waals surface area (Å²) < 4.78 is 0.381. The van der Waals surface area contributed by atoms with Gasteiger partial charge in [0.1, 0.15) is 10.0 Å². The van der Waals surface area contributed by atoms with E-state index < -0.39 is 28.0 Å². The highest BCUT2D eigenvalue weighted by Gasteiger charge is 2.38. The topological polar surface area (TPSA) is 122 Å². The van der Waals surface area contributed by atoms with Crippen molar-refractivity contribution in [3.05, 3.63) is 30.7 Å². The van der Waals surface area contributed by atoms with Gasteiger partial charge in [0.25, 0.3) is 17.4 Å². The molecule has 0 aliphatic carbocycles. The van der Waals surface area contributed by atoms with Crippen LogP contribution in [-0.4, -0.2) is 27.5 Å². The van der Waals surface area contributed by atoms with Crippen molar-refractivity contribution in [3.8, 4) is 0 Å². The van der Waals surface area contributed by atoms with Crippen LogP contribution >= 0.6 is 31.9 Å². The Kier molecular flexibility index (Phi) is 3.37. The summed E-state index contributed by atoms with van der Waals surface area (Å²) in [6.45, 7) is 0. The molecule has 0 bridgehead atoms. The third-order valence-electron chi connectivity index (χ3n) is 2.38. The third kappa shape index (κ3) is 2.02.